The first-order valence-electron chi connectivity index (χ1n) is 4.87. The van der Waals surface area contributed by atoms with Crippen molar-refractivity contribution in [2.45, 2.75) is 27.7 Å². The molecule has 0 spiro atoms. The van der Waals surface area contributed by atoms with Gasteiger partial charge < -0.3 is 0 Å². The summed E-state index contributed by atoms with van der Waals surface area (Å²) in [6.45, 7) is 7.14. The molecule has 92 valence electrons. The number of carbonyl (C=O) groups is 1. The van der Waals surface area contributed by atoms with Gasteiger partial charge in [0.15, 0.2) is 5.78 Å². The first kappa shape index (κ1) is 15.1. The zero-order valence-corrected chi connectivity index (χ0v) is 10.9. The lowest BCUT2D eigenvalue weighted by Crippen LogP contribution is -2.17. The summed E-state index contributed by atoms with van der Waals surface area (Å²) in [5.41, 5.74) is -0.212. The Morgan fingerprint density at radius 3 is 2.25 bits per heavy atom. The largest absolute Gasteiger partial charge is 0.295 e. The number of hydrogen-bond acceptors (Lipinski definition) is 4. The molecule has 0 amide bonds. The predicted octanol–water partition coefficient (Wildman–Crippen LogP) is 2.04. The summed E-state index contributed by atoms with van der Waals surface area (Å²) in [7, 11) is -3.66. The van der Waals surface area contributed by atoms with Crippen LogP contribution in [-0.2, 0) is 19.1 Å². The van der Waals surface area contributed by atoms with Crippen molar-refractivity contribution < 1.29 is 17.4 Å². The fourth-order valence-corrected chi connectivity index (χ4v) is 1.51. The molecule has 0 atom stereocenters. The molecule has 0 radical (unpaired) electrons. The van der Waals surface area contributed by atoms with E-state index in [2.05, 4.69) is 0 Å². The number of rotatable bonds is 5. The van der Waals surface area contributed by atoms with Crippen molar-refractivity contribution in [3.8, 4) is 0 Å². The molecule has 0 aliphatic rings. The first-order valence-corrected chi connectivity index (χ1v) is 6.34. The maximum Gasteiger partial charge on any atom is 0.290 e. The Morgan fingerprint density at radius 1 is 1.25 bits per heavy atom. The third kappa shape index (κ3) is 9.61. The highest BCUT2D eigenvalue weighted by Crippen LogP contribution is 2.14. The van der Waals surface area contributed by atoms with Crippen LogP contribution in [0, 0.1) is 5.41 Å². The Hall–Kier alpha value is -0.940. The molecule has 0 rings (SSSR count). The molecule has 0 aliphatic carbocycles. The summed E-state index contributed by atoms with van der Waals surface area (Å²) in [5.74, 6) is -0.141. The topological polar surface area (TPSA) is 60.4 Å². The highest BCUT2D eigenvalue weighted by atomic mass is 32.2. The van der Waals surface area contributed by atoms with Crippen LogP contribution in [0.2, 0.25) is 0 Å². The second kappa shape index (κ2) is 5.96. The Morgan fingerprint density at radius 2 is 1.81 bits per heavy atom. The quantitative estimate of drug-likeness (QED) is 0.423. The lowest BCUT2D eigenvalue weighted by Gasteiger charge is -2.16. The number of carbonyl (C=O) groups excluding carboxylic acids is 1. The number of ketones is 1. The van der Waals surface area contributed by atoms with Crippen LogP contribution >= 0.6 is 0 Å². The van der Waals surface area contributed by atoms with Crippen LogP contribution in [0.1, 0.15) is 27.7 Å². The van der Waals surface area contributed by atoms with Crippen molar-refractivity contribution in [3.63, 3.8) is 0 Å². The smallest absolute Gasteiger partial charge is 0.290 e. The Bertz CT molecular complexity index is 383. The van der Waals surface area contributed by atoms with Crippen molar-refractivity contribution in [1.29, 1.82) is 0 Å². The summed E-state index contributed by atoms with van der Waals surface area (Å²) in [5, 5.41) is 0.929. The van der Waals surface area contributed by atoms with Gasteiger partial charge in [0.2, 0.25) is 0 Å². The van der Waals surface area contributed by atoms with Gasteiger partial charge in [0.05, 0.1) is 12.0 Å². The molecule has 0 unspecified atom stereocenters. The van der Waals surface area contributed by atoms with Crippen molar-refractivity contribution in [3.05, 3.63) is 23.6 Å². The lowest BCUT2D eigenvalue weighted by molar-refractivity contribution is -0.112. The van der Waals surface area contributed by atoms with Gasteiger partial charge in [0.1, 0.15) is 0 Å². The monoisotopic (exact) mass is 246 g/mol. The van der Waals surface area contributed by atoms with E-state index in [1.165, 1.54) is 25.2 Å². The van der Waals surface area contributed by atoms with Crippen LogP contribution in [0.5, 0.6) is 0 Å². The van der Waals surface area contributed by atoms with Gasteiger partial charge in [0, 0.05) is 0 Å². The van der Waals surface area contributed by atoms with Gasteiger partial charge in [0.25, 0.3) is 10.1 Å². The summed E-state index contributed by atoms with van der Waals surface area (Å²) in [6.07, 6.45) is 3.90. The lowest BCUT2D eigenvalue weighted by atomic mass is 9.99. The summed E-state index contributed by atoms with van der Waals surface area (Å²) < 4.78 is 27.4. The van der Waals surface area contributed by atoms with Crippen molar-refractivity contribution in [2.75, 3.05) is 6.61 Å². The van der Waals surface area contributed by atoms with Crippen molar-refractivity contribution >= 4 is 15.9 Å². The van der Waals surface area contributed by atoms with Gasteiger partial charge in [-0.3, -0.25) is 8.98 Å². The molecule has 0 saturated heterocycles. The molecule has 0 aromatic heterocycles. The molecule has 0 fully saturated rings. The highest BCUT2D eigenvalue weighted by Gasteiger charge is 2.15. The summed E-state index contributed by atoms with van der Waals surface area (Å²) >= 11 is 0. The highest BCUT2D eigenvalue weighted by molar-refractivity contribution is 7.89. The van der Waals surface area contributed by atoms with E-state index >= 15 is 0 Å². The maximum absolute atomic E-state index is 11.3. The molecule has 0 N–H and O–H groups in total. The van der Waals surface area contributed by atoms with E-state index in [4.69, 9.17) is 4.18 Å². The average molecular weight is 246 g/mol. The normalized spacial score (nSPS) is 13.8. The SMILES string of the molecule is CC(=O)/C=C\C=C\S(=O)(=O)OCC(C)(C)C. The van der Waals surface area contributed by atoms with E-state index in [-0.39, 0.29) is 17.8 Å². The molecule has 4 nitrogen and oxygen atoms in total. The Kier molecular flexibility index (Phi) is 5.61. The fourth-order valence-electron chi connectivity index (χ4n) is 0.631. The zero-order chi connectivity index (χ0) is 12.8. The molecule has 5 heteroatoms. The fraction of sp³-hybridized carbons (Fsp3) is 0.545. The molecule has 0 aliphatic heterocycles. The van der Waals surface area contributed by atoms with Crippen molar-refractivity contribution in [1.82, 2.24) is 0 Å². The van der Waals surface area contributed by atoms with Crippen LogP contribution in [0.15, 0.2) is 23.6 Å². The molecule has 16 heavy (non-hydrogen) atoms. The van der Waals surface area contributed by atoms with Crippen LogP contribution < -0.4 is 0 Å². The molecule has 0 aromatic carbocycles. The zero-order valence-electron chi connectivity index (χ0n) is 10.1. The standard InChI is InChI=1S/C11H18O4S/c1-10(12)7-5-6-8-16(13,14)15-9-11(2,3)4/h5-8H,9H2,1-4H3/b7-5-,8-6+. The third-order valence-electron chi connectivity index (χ3n) is 1.34. The van der Waals surface area contributed by atoms with E-state index in [9.17, 15) is 13.2 Å². The Labute approximate surface area is 97.1 Å². The summed E-state index contributed by atoms with van der Waals surface area (Å²) in [4.78, 5) is 10.5. The predicted molar refractivity (Wildman–Crippen MR) is 63.3 cm³/mol. The van der Waals surface area contributed by atoms with Crippen LogP contribution in [-0.4, -0.2) is 20.8 Å². The second-order valence-electron chi connectivity index (χ2n) is 4.61. The molecular weight excluding hydrogens is 228 g/mol. The van der Waals surface area contributed by atoms with Crippen LogP contribution in [0.3, 0.4) is 0 Å². The minimum Gasteiger partial charge on any atom is -0.295 e. The van der Waals surface area contributed by atoms with E-state index in [1.807, 2.05) is 20.8 Å². The third-order valence-corrected chi connectivity index (χ3v) is 2.28. The van der Waals surface area contributed by atoms with Crippen LogP contribution in [0.4, 0.5) is 0 Å². The van der Waals surface area contributed by atoms with Gasteiger partial charge >= 0.3 is 0 Å². The minimum atomic E-state index is -3.66. The summed E-state index contributed by atoms with van der Waals surface area (Å²) in [6, 6.07) is 0. The molecular formula is C11H18O4S. The molecule has 0 heterocycles. The van der Waals surface area contributed by atoms with Gasteiger partial charge in [-0.2, -0.15) is 8.42 Å². The maximum atomic E-state index is 11.3. The van der Waals surface area contributed by atoms with Gasteiger partial charge in [-0.1, -0.05) is 26.8 Å². The number of hydrogen-bond donors (Lipinski definition) is 0. The molecule has 0 bridgehead atoms. The van der Waals surface area contributed by atoms with E-state index in [0.29, 0.717) is 0 Å². The van der Waals surface area contributed by atoms with Crippen molar-refractivity contribution in [2.24, 2.45) is 5.41 Å². The van der Waals surface area contributed by atoms with E-state index in [0.717, 1.165) is 5.41 Å². The van der Waals surface area contributed by atoms with Gasteiger partial charge in [-0.05, 0) is 24.5 Å². The first-order chi connectivity index (χ1) is 7.12. The van der Waals surface area contributed by atoms with Gasteiger partial charge in [-0.15, -0.1) is 0 Å². The van der Waals surface area contributed by atoms with Crippen LogP contribution in [0.25, 0.3) is 0 Å². The van der Waals surface area contributed by atoms with E-state index in [1.54, 1.807) is 0 Å². The Balaban J connectivity index is 4.31. The molecule has 0 aromatic rings. The second-order valence-corrected chi connectivity index (χ2v) is 6.11. The molecule has 0 saturated carbocycles. The number of allylic oxidation sites excluding steroid dienone is 3. The van der Waals surface area contributed by atoms with E-state index < -0.39 is 10.1 Å². The average Bonchev–Trinajstić information content (AvgIpc) is 2.08. The minimum absolute atomic E-state index is 0.121. The van der Waals surface area contributed by atoms with Gasteiger partial charge in [-0.25, -0.2) is 0 Å².